The minimum absolute atomic E-state index is 0.0345. The Morgan fingerprint density at radius 1 is 1.50 bits per heavy atom. The van der Waals surface area contributed by atoms with Crippen LogP contribution in [0, 0.1) is 5.82 Å². The molecule has 0 N–H and O–H groups in total. The van der Waals surface area contributed by atoms with Crippen LogP contribution in [0.5, 0.6) is 0 Å². The maximum Gasteiger partial charge on any atom is 0.217 e. The third-order valence-corrected chi connectivity index (χ3v) is 2.11. The molecular weight excluding hydrogens is 205 g/mol. The fraction of sp³-hybridized carbons (Fsp3) is 0. The predicted octanol–water partition coefficient (Wildman–Crippen LogP) is 1.30. The number of aromatic nitrogens is 3. The van der Waals surface area contributed by atoms with E-state index in [2.05, 4.69) is 14.6 Å². The van der Waals surface area contributed by atoms with Crippen molar-refractivity contribution in [3.8, 4) is 0 Å². The molecule has 0 atom stereocenters. The van der Waals surface area contributed by atoms with Crippen LogP contribution in [0.25, 0.3) is 0 Å². The van der Waals surface area contributed by atoms with Crippen molar-refractivity contribution in [3.63, 3.8) is 0 Å². The maximum atomic E-state index is 13.1. The molecule has 4 nitrogen and oxygen atoms in total. The van der Waals surface area contributed by atoms with E-state index < -0.39 is 11.6 Å². The summed E-state index contributed by atoms with van der Waals surface area (Å²) < 4.78 is 16.6. The number of rotatable bonds is 2. The van der Waals surface area contributed by atoms with Crippen molar-refractivity contribution in [1.82, 2.24) is 14.6 Å². The lowest BCUT2D eigenvalue weighted by atomic mass is 10.1. The standard InChI is InChI=1S/C8H4FN3OS/c9-6-3-10-2-1-5(6)8(13)7-4-14-12-11-7/h1-4H. The summed E-state index contributed by atoms with van der Waals surface area (Å²) in [6, 6.07) is 1.32. The number of carbonyl (C=O) groups is 1. The van der Waals surface area contributed by atoms with E-state index in [0.29, 0.717) is 0 Å². The van der Waals surface area contributed by atoms with Crippen molar-refractivity contribution in [3.05, 3.63) is 40.9 Å². The van der Waals surface area contributed by atoms with Crippen LogP contribution in [-0.2, 0) is 0 Å². The van der Waals surface area contributed by atoms with E-state index >= 15 is 0 Å². The van der Waals surface area contributed by atoms with E-state index in [1.165, 1.54) is 17.6 Å². The summed E-state index contributed by atoms with van der Waals surface area (Å²) in [6.07, 6.45) is 2.35. The molecule has 14 heavy (non-hydrogen) atoms. The summed E-state index contributed by atoms with van der Waals surface area (Å²) in [5, 5.41) is 5.04. The number of nitrogens with zero attached hydrogens (tertiary/aromatic N) is 3. The van der Waals surface area contributed by atoms with Gasteiger partial charge in [0, 0.05) is 11.6 Å². The van der Waals surface area contributed by atoms with Gasteiger partial charge in [-0.2, -0.15) is 0 Å². The van der Waals surface area contributed by atoms with Gasteiger partial charge in [0.1, 0.15) is 5.69 Å². The van der Waals surface area contributed by atoms with Gasteiger partial charge in [-0.05, 0) is 17.6 Å². The number of carbonyl (C=O) groups excluding carboxylic acids is 1. The Morgan fingerprint density at radius 3 is 3.00 bits per heavy atom. The first-order valence-corrected chi connectivity index (χ1v) is 4.54. The third kappa shape index (κ3) is 1.51. The molecule has 0 spiro atoms. The fourth-order valence-electron chi connectivity index (χ4n) is 0.961. The first-order chi connectivity index (χ1) is 6.79. The van der Waals surface area contributed by atoms with E-state index in [1.54, 1.807) is 0 Å². The van der Waals surface area contributed by atoms with Gasteiger partial charge in [0.2, 0.25) is 5.78 Å². The molecule has 0 saturated heterocycles. The topological polar surface area (TPSA) is 55.7 Å². The summed E-state index contributed by atoms with van der Waals surface area (Å²) in [4.78, 5) is 15.1. The summed E-state index contributed by atoms with van der Waals surface area (Å²) in [6.45, 7) is 0. The molecule has 70 valence electrons. The number of ketones is 1. The number of pyridine rings is 1. The summed E-state index contributed by atoms with van der Waals surface area (Å²) in [5.74, 6) is -1.12. The molecule has 0 aromatic carbocycles. The van der Waals surface area contributed by atoms with Gasteiger partial charge in [-0.3, -0.25) is 9.78 Å². The van der Waals surface area contributed by atoms with Crippen LogP contribution >= 0.6 is 11.5 Å². The minimum atomic E-state index is -0.648. The minimum Gasteiger partial charge on any atom is -0.287 e. The highest BCUT2D eigenvalue weighted by molar-refractivity contribution is 7.03. The average Bonchev–Trinajstić information content (AvgIpc) is 2.70. The highest BCUT2D eigenvalue weighted by Crippen LogP contribution is 2.10. The average molecular weight is 209 g/mol. The smallest absolute Gasteiger partial charge is 0.217 e. The van der Waals surface area contributed by atoms with E-state index in [4.69, 9.17) is 0 Å². The van der Waals surface area contributed by atoms with Gasteiger partial charge in [0.05, 0.1) is 11.8 Å². The van der Waals surface area contributed by atoms with Crippen molar-refractivity contribution in [1.29, 1.82) is 0 Å². The normalized spacial score (nSPS) is 10.1. The van der Waals surface area contributed by atoms with Gasteiger partial charge < -0.3 is 0 Å². The highest BCUT2D eigenvalue weighted by Gasteiger charge is 2.15. The molecule has 0 saturated carbocycles. The molecule has 0 amide bonds. The first kappa shape index (κ1) is 8.89. The molecule has 2 rings (SSSR count). The Hall–Kier alpha value is -1.69. The van der Waals surface area contributed by atoms with Gasteiger partial charge in [0.15, 0.2) is 5.82 Å². The Labute approximate surface area is 82.6 Å². The zero-order chi connectivity index (χ0) is 9.97. The molecule has 6 heteroatoms. The van der Waals surface area contributed by atoms with E-state index in [-0.39, 0.29) is 11.3 Å². The maximum absolute atomic E-state index is 13.1. The lowest BCUT2D eigenvalue weighted by Crippen LogP contribution is -2.04. The summed E-state index contributed by atoms with van der Waals surface area (Å²) >= 11 is 1.05. The van der Waals surface area contributed by atoms with Crippen LogP contribution in [0.4, 0.5) is 4.39 Å². The zero-order valence-corrected chi connectivity index (χ0v) is 7.66. The molecular formula is C8H4FN3OS. The number of hydrogen-bond donors (Lipinski definition) is 0. The SMILES string of the molecule is O=C(c1csnn1)c1ccncc1F. The Morgan fingerprint density at radius 2 is 2.36 bits per heavy atom. The number of halogens is 1. The molecule has 2 aromatic rings. The molecule has 2 heterocycles. The van der Waals surface area contributed by atoms with Crippen molar-refractivity contribution in [2.24, 2.45) is 0 Å². The van der Waals surface area contributed by atoms with E-state index in [1.807, 2.05) is 0 Å². The van der Waals surface area contributed by atoms with Crippen LogP contribution in [0.3, 0.4) is 0 Å². The van der Waals surface area contributed by atoms with Gasteiger partial charge in [-0.1, -0.05) is 4.49 Å². The second-order valence-corrected chi connectivity index (χ2v) is 3.08. The van der Waals surface area contributed by atoms with Gasteiger partial charge in [0.25, 0.3) is 0 Å². The van der Waals surface area contributed by atoms with Gasteiger partial charge >= 0.3 is 0 Å². The second-order valence-electron chi connectivity index (χ2n) is 2.47. The second kappa shape index (κ2) is 3.59. The quantitative estimate of drug-likeness (QED) is 0.699. The molecule has 0 aliphatic heterocycles. The molecule has 0 aliphatic carbocycles. The van der Waals surface area contributed by atoms with Crippen LogP contribution in [0.2, 0.25) is 0 Å². The summed E-state index contributed by atoms with van der Waals surface area (Å²) in [7, 11) is 0. The molecule has 0 bridgehead atoms. The van der Waals surface area contributed by atoms with E-state index in [9.17, 15) is 9.18 Å². The fourth-order valence-corrected chi connectivity index (χ4v) is 1.40. The first-order valence-electron chi connectivity index (χ1n) is 3.70. The Balaban J connectivity index is 2.42. The predicted molar refractivity (Wildman–Crippen MR) is 47.5 cm³/mol. The van der Waals surface area contributed by atoms with Crippen molar-refractivity contribution >= 4 is 17.3 Å². The third-order valence-electron chi connectivity index (χ3n) is 1.61. The molecule has 0 aliphatic rings. The largest absolute Gasteiger partial charge is 0.287 e. The summed E-state index contributed by atoms with van der Waals surface area (Å²) in [5.41, 5.74) is 0.118. The highest BCUT2D eigenvalue weighted by atomic mass is 32.1. The molecule has 0 unspecified atom stereocenters. The number of hydrogen-bond acceptors (Lipinski definition) is 5. The molecule has 0 radical (unpaired) electrons. The van der Waals surface area contributed by atoms with Gasteiger partial charge in [-0.15, -0.1) is 5.10 Å². The van der Waals surface area contributed by atoms with Crippen molar-refractivity contribution < 1.29 is 9.18 Å². The zero-order valence-electron chi connectivity index (χ0n) is 6.85. The van der Waals surface area contributed by atoms with Crippen LogP contribution < -0.4 is 0 Å². The molecule has 0 fully saturated rings. The van der Waals surface area contributed by atoms with Crippen LogP contribution in [0.15, 0.2) is 23.8 Å². The molecule has 2 aromatic heterocycles. The Bertz CT molecular complexity index is 457. The lowest BCUT2D eigenvalue weighted by Gasteiger charge is -1.96. The van der Waals surface area contributed by atoms with Crippen LogP contribution in [-0.4, -0.2) is 20.4 Å². The van der Waals surface area contributed by atoms with Crippen molar-refractivity contribution in [2.75, 3.05) is 0 Å². The lowest BCUT2D eigenvalue weighted by molar-refractivity contribution is 0.103. The van der Waals surface area contributed by atoms with E-state index in [0.717, 1.165) is 17.7 Å². The van der Waals surface area contributed by atoms with Gasteiger partial charge in [-0.25, -0.2) is 4.39 Å². The Kier molecular flexibility index (Phi) is 2.28. The monoisotopic (exact) mass is 209 g/mol. The van der Waals surface area contributed by atoms with Crippen LogP contribution in [0.1, 0.15) is 16.1 Å². The van der Waals surface area contributed by atoms with Crippen molar-refractivity contribution in [2.45, 2.75) is 0 Å².